The Labute approximate surface area is 134 Å². The second-order valence-electron chi connectivity index (χ2n) is 5.30. The number of nitrogens with zero attached hydrogens (tertiary/aromatic N) is 2. The van der Waals surface area contributed by atoms with Gasteiger partial charge in [0.1, 0.15) is 6.23 Å². The van der Waals surface area contributed by atoms with Gasteiger partial charge in [0.2, 0.25) is 0 Å². The van der Waals surface area contributed by atoms with Gasteiger partial charge in [0, 0.05) is 31.7 Å². The lowest BCUT2D eigenvalue weighted by molar-refractivity contribution is -0.0492. The van der Waals surface area contributed by atoms with E-state index in [0.29, 0.717) is 6.42 Å². The summed E-state index contributed by atoms with van der Waals surface area (Å²) in [5.74, 6) is 0. The summed E-state index contributed by atoms with van der Waals surface area (Å²) in [6, 6.07) is 10.8. The summed E-state index contributed by atoms with van der Waals surface area (Å²) in [5.41, 5.74) is 2.73. The molecule has 0 bridgehead atoms. The maximum absolute atomic E-state index is 8.51. The molecule has 0 amide bonds. The Morgan fingerprint density at radius 2 is 2.00 bits per heavy atom. The SMILES string of the molecule is CCOC1c2ccccc2CN1CCCCCCC#N.Cl. The van der Waals surface area contributed by atoms with Crippen molar-refractivity contribution in [3.63, 3.8) is 0 Å². The number of ether oxygens (including phenoxy) is 1. The largest absolute Gasteiger partial charge is 0.359 e. The molecule has 1 atom stereocenters. The molecule has 0 aliphatic carbocycles. The molecule has 21 heavy (non-hydrogen) atoms. The van der Waals surface area contributed by atoms with Gasteiger partial charge in [-0.05, 0) is 25.3 Å². The number of halogens is 1. The van der Waals surface area contributed by atoms with Crippen molar-refractivity contribution in [3.8, 4) is 6.07 Å². The van der Waals surface area contributed by atoms with Crippen LogP contribution in [0.2, 0.25) is 0 Å². The molecule has 1 aliphatic heterocycles. The molecule has 1 heterocycles. The fourth-order valence-corrected chi connectivity index (χ4v) is 2.84. The van der Waals surface area contributed by atoms with Crippen molar-refractivity contribution in [2.24, 2.45) is 0 Å². The summed E-state index contributed by atoms with van der Waals surface area (Å²) in [5, 5.41) is 8.51. The van der Waals surface area contributed by atoms with Crippen LogP contribution in [0.5, 0.6) is 0 Å². The van der Waals surface area contributed by atoms with Crippen LogP contribution >= 0.6 is 12.4 Å². The molecule has 0 radical (unpaired) electrons. The number of unbranched alkanes of at least 4 members (excludes halogenated alkanes) is 4. The van der Waals surface area contributed by atoms with Gasteiger partial charge in [0.15, 0.2) is 0 Å². The average molecular weight is 309 g/mol. The van der Waals surface area contributed by atoms with Crippen LogP contribution in [-0.4, -0.2) is 18.1 Å². The van der Waals surface area contributed by atoms with Crippen LogP contribution in [0.3, 0.4) is 0 Å². The first-order valence-electron chi connectivity index (χ1n) is 7.67. The van der Waals surface area contributed by atoms with E-state index < -0.39 is 0 Å². The molecule has 0 aromatic heterocycles. The van der Waals surface area contributed by atoms with Gasteiger partial charge in [0.25, 0.3) is 0 Å². The predicted molar refractivity (Wildman–Crippen MR) is 87.2 cm³/mol. The fourth-order valence-electron chi connectivity index (χ4n) is 2.84. The molecule has 0 spiro atoms. The van der Waals surface area contributed by atoms with Gasteiger partial charge in [-0.3, -0.25) is 4.90 Å². The van der Waals surface area contributed by atoms with E-state index in [1.54, 1.807) is 0 Å². The summed E-state index contributed by atoms with van der Waals surface area (Å²) in [4.78, 5) is 2.43. The van der Waals surface area contributed by atoms with Crippen LogP contribution in [-0.2, 0) is 11.3 Å². The Morgan fingerprint density at radius 3 is 2.76 bits per heavy atom. The molecule has 4 heteroatoms. The first kappa shape index (κ1) is 18.0. The quantitative estimate of drug-likeness (QED) is 0.666. The van der Waals surface area contributed by atoms with Crippen LogP contribution in [0, 0.1) is 11.3 Å². The minimum absolute atomic E-state index is 0. The second kappa shape index (κ2) is 9.78. The van der Waals surface area contributed by atoms with Gasteiger partial charge < -0.3 is 4.74 Å². The Morgan fingerprint density at radius 1 is 1.24 bits per heavy atom. The minimum Gasteiger partial charge on any atom is -0.359 e. The zero-order chi connectivity index (χ0) is 14.2. The molecule has 0 N–H and O–H groups in total. The van der Waals surface area contributed by atoms with Crippen molar-refractivity contribution >= 4 is 12.4 Å². The molecule has 0 fully saturated rings. The van der Waals surface area contributed by atoms with E-state index in [1.807, 2.05) is 0 Å². The Bertz CT molecular complexity index is 458. The monoisotopic (exact) mass is 308 g/mol. The first-order chi connectivity index (χ1) is 9.86. The number of fused-ring (bicyclic) bond motifs is 1. The maximum Gasteiger partial charge on any atom is 0.137 e. The van der Waals surface area contributed by atoms with Gasteiger partial charge in [-0.2, -0.15) is 5.26 Å². The molecule has 1 aromatic rings. The molecule has 3 nitrogen and oxygen atoms in total. The lowest BCUT2D eigenvalue weighted by Crippen LogP contribution is -2.25. The normalized spacial score (nSPS) is 17.0. The predicted octanol–water partition coefficient (Wildman–Crippen LogP) is 4.43. The van der Waals surface area contributed by atoms with Crippen molar-refractivity contribution < 1.29 is 4.74 Å². The lowest BCUT2D eigenvalue weighted by atomic mass is 10.1. The molecule has 0 saturated carbocycles. The third kappa shape index (κ3) is 5.00. The molecule has 1 aliphatic rings. The van der Waals surface area contributed by atoms with Crippen LogP contribution in [0.25, 0.3) is 0 Å². The summed E-state index contributed by atoms with van der Waals surface area (Å²) < 4.78 is 5.92. The summed E-state index contributed by atoms with van der Waals surface area (Å²) in [7, 11) is 0. The molecule has 116 valence electrons. The van der Waals surface area contributed by atoms with Crippen molar-refractivity contribution in [2.45, 2.75) is 51.8 Å². The maximum atomic E-state index is 8.51. The van der Waals surface area contributed by atoms with E-state index in [1.165, 1.54) is 24.0 Å². The Hall–Kier alpha value is -1.08. The van der Waals surface area contributed by atoms with Crippen molar-refractivity contribution in [1.82, 2.24) is 4.90 Å². The summed E-state index contributed by atoms with van der Waals surface area (Å²) >= 11 is 0. The fraction of sp³-hybridized carbons (Fsp3) is 0.588. The van der Waals surface area contributed by atoms with E-state index in [-0.39, 0.29) is 18.6 Å². The molecule has 1 aromatic carbocycles. The zero-order valence-electron chi connectivity index (χ0n) is 12.8. The zero-order valence-corrected chi connectivity index (χ0v) is 13.6. The van der Waals surface area contributed by atoms with Gasteiger partial charge >= 0.3 is 0 Å². The van der Waals surface area contributed by atoms with Crippen molar-refractivity contribution in [3.05, 3.63) is 35.4 Å². The number of benzene rings is 1. The first-order valence-corrected chi connectivity index (χ1v) is 7.67. The smallest absolute Gasteiger partial charge is 0.137 e. The van der Waals surface area contributed by atoms with Crippen molar-refractivity contribution in [1.29, 1.82) is 5.26 Å². The average Bonchev–Trinajstić information content (AvgIpc) is 2.81. The van der Waals surface area contributed by atoms with E-state index in [2.05, 4.69) is 42.2 Å². The minimum atomic E-state index is 0. The molecular weight excluding hydrogens is 284 g/mol. The number of hydrogen-bond donors (Lipinski definition) is 0. The third-order valence-corrected chi connectivity index (χ3v) is 3.83. The van der Waals surface area contributed by atoms with Crippen molar-refractivity contribution in [2.75, 3.05) is 13.2 Å². The number of hydrogen-bond acceptors (Lipinski definition) is 3. The van der Waals surface area contributed by atoms with Crippen LogP contribution in [0.1, 0.15) is 56.4 Å². The van der Waals surface area contributed by atoms with Crippen LogP contribution in [0.4, 0.5) is 0 Å². The van der Waals surface area contributed by atoms with Crippen LogP contribution < -0.4 is 0 Å². The van der Waals surface area contributed by atoms with Gasteiger partial charge in [-0.15, -0.1) is 12.4 Å². The molecule has 1 unspecified atom stereocenters. The third-order valence-electron chi connectivity index (χ3n) is 3.83. The highest BCUT2D eigenvalue weighted by atomic mass is 35.5. The molecule has 0 saturated heterocycles. The highest BCUT2D eigenvalue weighted by molar-refractivity contribution is 5.85. The van der Waals surface area contributed by atoms with Gasteiger partial charge in [-0.25, -0.2) is 0 Å². The van der Waals surface area contributed by atoms with Gasteiger partial charge in [-0.1, -0.05) is 37.1 Å². The van der Waals surface area contributed by atoms with E-state index in [9.17, 15) is 0 Å². The number of rotatable bonds is 8. The van der Waals surface area contributed by atoms with E-state index in [0.717, 1.165) is 32.5 Å². The second-order valence-corrected chi connectivity index (χ2v) is 5.30. The van der Waals surface area contributed by atoms with Gasteiger partial charge in [0.05, 0.1) is 6.07 Å². The van der Waals surface area contributed by atoms with E-state index >= 15 is 0 Å². The topological polar surface area (TPSA) is 36.3 Å². The highest BCUT2D eigenvalue weighted by Crippen LogP contribution is 2.34. The highest BCUT2D eigenvalue weighted by Gasteiger charge is 2.29. The summed E-state index contributed by atoms with van der Waals surface area (Å²) in [6.45, 7) is 4.88. The standard InChI is InChI=1S/C17H24N2O.ClH/c1-2-20-17-16-11-7-6-10-15(16)14-19(17)13-9-5-3-4-8-12-18;/h6-7,10-11,17H,2-5,8-9,13-14H2,1H3;1H. The Kier molecular flexibility index (Phi) is 8.37. The molecular formula is C17H25ClN2O. The van der Waals surface area contributed by atoms with Crippen LogP contribution in [0.15, 0.2) is 24.3 Å². The summed E-state index contributed by atoms with van der Waals surface area (Å²) in [6.07, 6.45) is 5.40. The Balaban J connectivity index is 0.00000220. The molecule has 2 rings (SSSR count). The van der Waals surface area contributed by atoms with E-state index in [4.69, 9.17) is 10.00 Å². The lowest BCUT2D eigenvalue weighted by Gasteiger charge is -2.24. The number of nitriles is 1.